The first kappa shape index (κ1) is 15.1. The predicted octanol–water partition coefficient (Wildman–Crippen LogP) is 2.75. The van der Waals surface area contributed by atoms with Crippen LogP contribution in [-0.2, 0) is 4.79 Å². The van der Waals surface area contributed by atoms with E-state index in [1.165, 1.54) is 12.8 Å². The summed E-state index contributed by atoms with van der Waals surface area (Å²) in [5.41, 5.74) is 0. The molecule has 1 aliphatic carbocycles. The number of carbonyl (C=O) groups excluding carboxylic acids is 1. The second-order valence-electron chi connectivity index (χ2n) is 6.90. The lowest BCUT2D eigenvalue weighted by Crippen LogP contribution is -2.49. The van der Waals surface area contributed by atoms with Crippen molar-refractivity contribution < 1.29 is 18.0 Å². The lowest BCUT2D eigenvalue weighted by Gasteiger charge is -2.33. The number of fused-ring (bicyclic) bond motifs is 2. The molecule has 2 bridgehead atoms. The van der Waals surface area contributed by atoms with Gasteiger partial charge < -0.3 is 10.6 Å². The van der Waals surface area contributed by atoms with Gasteiger partial charge in [-0.05, 0) is 51.4 Å². The van der Waals surface area contributed by atoms with Crippen LogP contribution in [-0.4, -0.2) is 30.2 Å². The Morgan fingerprint density at radius 3 is 2.05 bits per heavy atom. The molecule has 2 heterocycles. The van der Waals surface area contributed by atoms with Gasteiger partial charge in [-0.1, -0.05) is 0 Å². The number of nitrogens with one attached hydrogen (secondary N) is 2. The zero-order valence-corrected chi connectivity index (χ0v) is 12.1. The third-order valence-corrected chi connectivity index (χ3v) is 5.38. The molecule has 3 aliphatic rings. The van der Waals surface area contributed by atoms with Gasteiger partial charge in [0.05, 0.1) is 5.92 Å². The summed E-state index contributed by atoms with van der Waals surface area (Å²) in [6.45, 7) is 0. The van der Waals surface area contributed by atoms with E-state index >= 15 is 0 Å². The highest BCUT2D eigenvalue weighted by Gasteiger charge is 2.43. The van der Waals surface area contributed by atoms with Crippen LogP contribution in [0.1, 0.15) is 51.4 Å². The van der Waals surface area contributed by atoms with Gasteiger partial charge in [0.15, 0.2) is 0 Å². The Labute approximate surface area is 123 Å². The van der Waals surface area contributed by atoms with Gasteiger partial charge in [0.2, 0.25) is 5.91 Å². The summed E-state index contributed by atoms with van der Waals surface area (Å²) >= 11 is 0. The van der Waals surface area contributed by atoms with Crippen LogP contribution in [0.4, 0.5) is 13.2 Å². The summed E-state index contributed by atoms with van der Waals surface area (Å²) in [5.74, 6) is -1.46. The van der Waals surface area contributed by atoms with Crippen molar-refractivity contribution in [3.63, 3.8) is 0 Å². The third-order valence-electron chi connectivity index (χ3n) is 5.38. The van der Waals surface area contributed by atoms with Crippen LogP contribution in [0, 0.1) is 11.8 Å². The minimum atomic E-state index is -4.10. The monoisotopic (exact) mass is 304 g/mol. The maximum atomic E-state index is 12.6. The Bertz CT molecular complexity index is 379. The lowest BCUT2D eigenvalue weighted by molar-refractivity contribution is -0.184. The number of halogens is 3. The highest BCUT2D eigenvalue weighted by atomic mass is 19.4. The van der Waals surface area contributed by atoms with Crippen LogP contribution in [0.3, 0.4) is 0 Å². The fourth-order valence-corrected chi connectivity index (χ4v) is 4.18. The topological polar surface area (TPSA) is 41.1 Å². The highest BCUT2D eigenvalue weighted by molar-refractivity contribution is 5.79. The molecule has 1 amide bonds. The Hall–Kier alpha value is -0.780. The van der Waals surface area contributed by atoms with Gasteiger partial charge in [-0.2, -0.15) is 13.2 Å². The quantitative estimate of drug-likeness (QED) is 0.823. The molecule has 2 saturated heterocycles. The van der Waals surface area contributed by atoms with Gasteiger partial charge in [-0.15, -0.1) is 0 Å². The number of amides is 1. The number of alkyl halides is 3. The summed E-state index contributed by atoms with van der Waals surface area (Å²) in [5, 5.41) is 6.60. The third kappa shape index (κ3) is 3.52. The van der Waals surface area contributed by atoms with E-state index < -0.39 is 12.1 Å². The minimum Gasteiger partial charge on any atom is -0.353 e. The van der Waals surface area contributed by atoms with Gasteiger partial charge in [-0.3, -0.25) is 4.79 Å². The fraction of sp³-hybridized carbons (Fsp3) is 0.933. The molecule has 0 aromatic heterocycles. The van der Waals surface area contributed by atoms with E-state index in [0.29, 0.717) is 24.9 Å². The van der Waals surface area contributed by atoms with E-state index in [2.05, 4.69) is 10.6 Å². The molecule has 3 fully saturated rings. The number of rotatable bonds is 2. The standard InChI is InChI=1S/C15H23F3N2O/c16-15(17,18)10-3-1-9(2-4-10)14(21)20-13-7-11-5-6-12(8-13)19-11/h9-13,19H,1-8H2,(H,20,21). The van der Waals surface area contributed by atoms with Crippen molar-refractivity contribution in [2.45, 2.75) is 75.7 Å². The van der Waals surface area contributed by atoms with Crippen LogP contribution in [0.5, 0.6) is 0 Å². The normalized spacial score (nSPS) is 40.0. The second kappa shape index (κ2) is 5.78. The largest absolute Gasteiger partial charge is 0.391 e. The van der Waals surface area contributed by atoms with Gasteiger partial charge in [0.1, 0.15) is 0 Å². The van der Waals surface area contributed by atoms with E-state index in [-0.39, 0.29) is 30.7 Å². The van der Waals surface area contributed by atoms with E-state index in [4.69, 9.17) is 0 Å². The van der Waals surface area contributed by atoms with Crippen molar-refractivity contribution >= 4 is 5.91 Å². The van der Waals surface area contributed by atoms with Gasteiger partial charge >= 0.3 is 6.18 Å². The Kier molecular flexibility index (Phi) is 4.17. The Morgan fingerprint density at radius 1 is 0.952 bits per heavy atom. The van der Waals surface area contributed by atoms with E-state index in [1.54, 1.807) is 0 Å². The molecule has 0 spiro atoms. The van der Waals surface area contributed by atoms with Crippen molar-refractivity contribution in [2.75, 3.05) is 0 Å². The van der Waals surface area contributed by atoms with Crippen LogP contribution >= 0.6 is 0 Å². The molecule has 0 aromatic carbocycles. The van der Waals surface area contributed by atoms with Gasteiger partial charge in [-0.25, -0.2) is 0 Å². The van der Waals surface area contributed by atoms with Crippen molar-refractivity contribution in [3.05, 3.63) is 0 Å². The number of hydrogen-bond donors (Lipinski definition) is 2. The number of hydrogen-bond acceptors (Lipinski definition) is 2. The van der Waals surface area contributed by atoms with E-state index in [1.807, 2.05) is 0 Å². The summed E-state index contributed by atoms with van der Waals surface area (Å²) in [6.07, 6.45) is 1.09. The summed E-state index contributed by atoms with van der Waals surface area (Å²) in [6, 6.07) is 1.22. The highest BCUT2D eigenvalue weighted by Crippen LogP contribution is 2.39. The molecule has 2 unspecified atom stereocenters. The van der Waals surface area contributed by atoms with Crippen molar-refractivity contribution in [3.8, 4) is 0 Å². The first-order chi connectivity index (χ1) is 9.91. The molecule has 2 atom stereocenters. The van der Waals surface area contributed by atoms with Crippen molar-refractivity contribution in [1.29, 1.82) is 0 Å². The minimum absolute atomic E-state index is 0.0260. The molecule has 21 heavy (non-hydrogen) atoms. The zero-order valence-electron chi connectivity index (χ0n) is 12.1. The predicted molar refractivity (Wildman–Crippen MR) is 72.6 cm³/mol. The first-order valence-corrected chi connectivity index (χ1v) is 8.05. The Morgan fingerprint density at radius 2 is 1.52 bits per heavy atom. The first-order valence-electron chi connectivity index (χ1n) is 8.05. The SMILES string of the molecule is O=C(NC1CC2CCC(C1)N2)C1CCC(C(F)(F)F)CC1. The maximum Gasteiger partial charge on any atom is 0.391 e. The molecule has 120 valence electrons. The van der Waals surface area contributed by atoms with Crippen LogP contribution in [0.2, 0.25) is 0 Å². The lowest BCUT2D eigenvalue weighted by atomic mass is 9.81. The molecule has 6 heteroatoms. The molecule has 2 aliphatic heterocycles. The molecule has 0 aromatic rings. The van der Waals surface area contributed by atoms with Gasteiger partial charge in [0.25, 0.3) is 0 Å². The summed E-state index contributed by atoms with van der Waals surface area (Å²) in [7, 11) is 0. The van der Waals surface area contributed by atoms with Crippen molar-refractivity contribution in [2.24, 2.45) is 11.8 Å². The molecule has 1 saturated carbocycles. The van der Waals surface area contributed by atoms with Gasteiger partial charge in [0, 0.05) is 24.0 Å². The number of carbonyl (C=O) groups is 1. The molecular formula is C15H23F3N2O. The van der Waals surface area contributed by atoms with E-state index in [9.17, 15) is 18.0 Å². The summed E-state index contributed by atoms with van der Waals surface area (Å²) in [4.78, 5) is 12.2. The molecule has 0 radical (unpaired) electrons. The number of piperidine rings is 1. The smallest absolute Gasteiger partial charge is 0.353 e. The molecule has 2 N–H and O–H groups in total. The molecule has 3 rings (SSSR count). The average molecular weight is 304 g/mol. The Balaban J connectivity index is 1.46. The zero-order chi connectivity index (χ0) is 15.0. The summed E-state index contributed by atoms with van der Waals surface area (Å²) < 4.78 is 37.9. The van der Waals surface area contributed by atoms with Crippen molar-refractivity contribution in [1.82, 2.24) is 10.6 Å². The fourth-order valence-electron chi connectivity index (χ4n) is 4.18. The second-order valence-corrected chi connectivity index (χ2v) is 6.90. The molecule has 3 nitrogen and oxygen atoms in total. The van der Waals surface area contributed by atoms with Crippen LogP contribution in [0.15, 0.2) is 0 Å². The van der Waals surface area contributed by atoms with E-state index in [0.717, 1.165) is 12.8 Å². The average Bonchev–Trinajstić information content (AvgIpc) is 2.77. The molecular weight excluding hydrogens is 281 g/mol. The van der Waals surface area contributed by atoms with Crippen LogP contribution < -0.4 is 10.6 Å². The maximum absolute atomic E-state index is 12.6. The van der Waals surface area contributed by atoms with Crippen LogP contribution in [0.25, 0.3) is 0 Å².